The number of aliphatic hydroxyl groups excluding tert-OH is 1. The average molecular weight is 373 g/mol. The molecule has 1 aliphatic heterocycles. The minimum absolute atomic E-state index is 0.0771. The second kappa shape index (κ2) is 8.50. The Hall–Kier alpha value is -2.13. The summed E-state index contributed by atoms with van der Waals surface area (Å²) in [6.45, 7) is 3.26. The van der Waals surface area contributed by atoms with Gasteiger partial charge in [0.25, 0.3) is 5.91 Å². The maximum atomic E-state index is 12.7. The first kappa shape index (κ1) is 20.2. The lowest BCUT2D eigenvalue weighted by Crippen LogP contribution is -2.43. The minimum Gasteiger partial charge on any atom is -0.392 e. The van der Waals surface area contributed by atoms with Gasteiger partial charge in [-0.2, -0.15) is 13.2 Å². The Morgan fingerprint density at radius 3 is 2.77 bits per heavy atom. The van der Waals surface area contributed by atoms with E-state index in [-0.39, 0.29) is 18.2 Å². The lowest BCUT2D eigenvalue weighted by molar-refractivity contribution is -0.137. The second-order valence-electron chi connectivity index (χ2n) is 6.42. The predicted molar refractivity (Wildman–Crippen MR) is 88.4 cm³/mol. The molecule has 1 aliphatic rings. The third-order valence-electron chi connectivity index (χ3n) is 4.02. The van der Waals surface area contributed by atoms with E-state index in [0.717, 1.165) is 31.2 Å². The van der Waals surface area contributed by atoms with Gasteiger partial charge in [-0.25, -0.2) is 0 Å². The van der Waals surface area contributed by atoms with Gasteiger partial charge < -0.3 is 15.7 Å². The van der Waals surface area contributed by atoms with E-state index in [4.69, 9.17) is 0 Å². The molecular formula is C17H22F3N3O3. The molecule has 1 saturated heterocycles. The fourth-order valence-corrected chi connectivity index (χ4v) is 2.87. The molecule has 0 aromatic heterocycles. The van der Waals surface area contributed by atoms with Crippen molar-refractivity contribution in [1.82, 2.24) is 15.5 Å². The van der Waals surface area contributed by atoms with E-state index in [1.165, 1.54) is 6.07 Å². The topological polar surface area (TPSA) is 81.7 Å². The number of benzene rings is 1. The van der Waals surface area contributed by atoms with Crippen molar-refractivity contribution < 1.29 is 27.9 Å². The molecule has 2 atom stereocenters. The number of aliphatic hydroxyl groups is 1. The Kier molecular flexibility index (Phi) is 6.60. The molecule has 3 N–H and O–H groups in total. The molecule has 1 fully saturated rings. The fraction of sp³-hybridized carbons (Fsp3) is 0.529. The van der Waals surface area contributed by atoms with Crippen LogP contribution in [0.3, 0.4) is 0 Å². The molecule has 9 heteroatoms. The highest BCUT2D eigenvalue weighted by atomic mass is 19.4. The number of hydrogen-bond donors (Lipinski definition) is 3. The van der Waals surface area contributed by atoms with Crippen LogP contribution in [-0.4, -0.2) is 60.1 Å². The van der Waals surface area contributed by atoms with Crippen LogP contribution < -0.4 is 10.6 Å². The molecule has 0 aliphatic carbocycles. The van der Waals surface area contributed by atoms with Gasteiger partial charge in [0.2, 0.25) is 5.91 Å². The number of nitrogens with one attached hydrogen (secondary N) is 2. The molecule has 6 nitrogen and oxygen atoms in total. The van der Waals surface area contributed by atoms with E-state index in [9.17, 15) is 27.9 Å². The van der Waals surface area contributed by atoms with Gasteiger partial charge in [-0.15, -0.1) is 0 Å². The Labute approximate surface area is 149 Å². The van der Waals surface area contributed by atoms with Crippen molar-refractivity contribution in [2.24, 2.45) is 0 Å². The van der Waals surface area contributed by atoms with Crippen molar-refractivity contribution >= 4 is 11.8 Å². The standard InChI is InChI=1S/C17H22F3N3O3/c1-11(24)9-23-6-5-14(10-23)22-15(25)8-21-16(26)12-3-2-4-13(7-12)17(18,19)20/h2-4,7,11,14,24H,5-6,8-10H2,1H3,(H,21,26)(H,22,25)/t11?,14-/m1/s1. The minimum atomic E-state index is -4.53. The van der Waals surface area contributed by atoms with Gasteiger partial charge in [0.05, 0.1) is 18.2 Å². The van der Waals surface area contributed by atoms with Gasteiger partial charge >= 0.3 is 6.18 Å². The van der Waals surface area contributed by atoms with E-state index < -0.39 is 29.7 Å². The maximum absolute atomic E-state index is 12.7. The van der Waals surface area contributed by atoms with Gasteiger partial charge in [-0.1, -0.05) is 6.07 Å². The summed E-state index contributed by atoms with van der Waals surface area (Å²) in [4.78, 5) is 25.9. The summed E-state index contributed by atoms with van der Waals surface area (Å²) in [5, 5.41) is 14.4. The molecule has 2 rings (SSSR count). The third-order valence-corrected chi connectivity index (χ3v) is 4.02. The van der Waals surface area contributed by atoms with Crippen LogP contribution in [0, 0.1) is 0 Å². The van der Waals surface area contributed by atoms with Crippen LogP contribution in [0.4, 0.5) is 13.2 Å². The van der Waals surface area contributed by atoms with Crippen molar-refractivity contribution in [3.63, 3.8) is 0 Å². The van der Waals surface area contributed by atoms with Crippen LogP contribution in [0.15, 0.2) is 24.3 Å². The predicted octanol–water partition coefficient (Wildman–Crippen LogP) is 1.01. The van der Waals surface area contributed by atoms with Crippen molar-refractivity contribution in [1.29, 1.82) is 0 Å². The number of carbonyl (C=O) groups is 2. The molecule has 1 unspecified atom stereocenters. The van der Waals surface area contributed by atoms with E-state index in [1.807, 2.05) is 4.90 Å². The lowest BCUT2D eigenvalue weighted by atomic mass is 10.1. The monoisotopic (exact) mass is 373 g/mol. The number of halogens is 3. The van der Waals surface area contributed by atoms with Crippen molar-refractivity contribution in [3.8, 4) is 0 Å². The number of alkyl halides is 3. The van der Waals surface area contributed by atoms with Crippen LogP contribution in [0.1, 0.15) is 29.3 Å². The highest BCUT2D eigenvalue weighted by Crippen LogP contribution is 2.29. The Balaban J connectivity index is 1.80. The fourth-order valence-electron chi connectivity index (χ4n) is 2.87. The number of carbonyl (C=O) groups excluding carboxylic acids is 2. The molecule has 0 bridgehead atoms. The summed E-state index contributed by atoms with van der Waals surface area (Å²) >= 11 is 0. The lowest BCUT2D eigenvalue weighted by Gasteiger charge is -2.18. The molecule has 1 aromatic carbocycles. The van der Waals surface area contributed by atoms with Crippen LogP contribution in [0.2, 0.25) is 0 Å². The SMILES string of the molecule is CC(O)CN1CC[C@@H](NC(=O)CNC(=O)c2cccc(C(F)(F)F)c2)C1. The van der Waals surface area contributed by atoms with Crippen LogP contribution in [0.25, 0.3) is 0 Å². The highest BCUT2D eigenvalue weighted by Gasteiger charge is 2.31. The molecule has 1 heterocycles. The zero-order chi connectivity index (χ0) is 19.3. The summed E-state index contributed by atoms with van der Waals surface area (Å²) < 4.78 is 38.0. The first-order valence-electron chi connectivity index (χ1n) is 8.30. The van der Waals surface area contributed by atoms with Crippen LogP contribution >= 0.6 is 0 Å². The van der Waals surface area contributed by atoms with Crippen molar-refractivity contribution in [3.05, 3.63) is 35.4 Å². The Morgan fingerprint density at radius 2 is 2.12 bits per heavy atom. The largest absolute Gasteiger partial charge is 0.416 e. The number of likely N-dealkylation sites (tertiary alicyclic amines) is 1. The number of β-amino-alcohol motifs (C(OH)–C–C–N with tert-alkyl or cyclic N) is 1. The maximum Gasteiger partial charge on any atom is 0.416 e. The van der Waals surface area contributed by atoms with Gasteiger partial charge in [-0.3, -0.25) is 14.5 Å². The first-order chi connectivity index (χ1) is 12.1. The van der Waals surface area contributed by atoms with Gasteiger partial charge in [-0.05, 0) is 31.5 Å². The van der Waals surface area contributed by atoms with Crippen molar-refractivity contribution in [2.75, 3.05) is 26.2 Å². The quantitative estimate of drug-likeness (QED) is 0.695. The van der Waals surface area contributed by atoms with Gasteiger partial charge in [0, 0.05) is 31.2 Å². The average Bonchev–Trinajstić information content (AvgIpc) is 2.98. The number of rotatable bonds is 6. The normalized spacial score (nSPS) is 19.2. The summed E-state index contributed by atoms with van der Waals surface area (Å²) in [6, 6.07) is 3.95. The first-order valence-corrected chi connectivity index (χ1v) is 8.30. The molecule has 26 heavy (non-hydrogen) atoms. The van der Waals surface area contributed by atoms with E-state index in [2.05, 4.69) is 10.6 Å². The summed E-state index contributed by atoms with van der Waals surface area (Å²) in [7, 11) is 0. The smallest absolute Gasteiger partial charge is 0.392 e. The highest BCUT2D eigenvalue weighted by molar-refractivity contribution is 5.96. The molecule has 0 saturated carbocycles. The summed E-state index contributed by atoms with van der Waals surface area (Å²) in [5.41, 5.74) is -1.07. The molecule has 144 valence electrons. The van der Waals surface area contributed by atoms with E-state index >= 15 is 0 Å². The zero-order valence-corrected chi connectivity index (χ0v) is 14.3. The van der Waals surface area contributed by atoms with Gasteiger partial charge in [0.1, 0.15) is 0 Å². The number of hydrogen-bond acceptors (Lipinski definition) is 4. The zero-order valence-electron chi connectivity index (χ0n) is 14.3. The summed E-state index contributed by atoms with van der Waals surface area (Å²) in [5.74, 6) is -1.15. The molecule has 0 radical (unpaired) electrons. The van der Waals surface area contributed by atoms with Crippen LogP contribution in [0.5, 0.6) is 0 Å². The molecule has 1 aromatic rings. The number of amides is 2. The Bertz CT molecular complexity index is 650. The Morgan fingerprint density at radius 1 is 1.38 bits per heavy atom. The van der Waals surface area contributed by atoms with Gasteiger partial charge in [0.15, 0.2) is 0 Å². The molecular weight excluding hydrogens is 351 g/mol. The second-order valence-corrected chi connectivity index (χ2v) is 6.42. The van der Waals surface area contributed by atoms with E-state index in [1.54, 1.807) is 6.92 Å². The number of nitrogens with zero attached hydrogens (tertiary/aromatic N) is 1. The van der Waals surface area contributed by atoms with E-state index in [0.29, 0.717) is 13.1 Å². The molecule has 0 spiro atoms. The van der Waals surface area contributed by atoms with Crippen molar-refractivity contribution in [2.45, 2.75) is 31.7 Å². The molecule has 2 amide bonds. The summed E-state index contributed by atoms with van der Waals surface area (Å²) in [6.07, 6.45) is -4.25. The van der Waals surface area contributed by atoms with Crippen LogP contribution in [-0.2, 0) is 11.0 Å². The third kappa shape index (κ3) is 5.99.